The molecule has 0 radical (unpaired) electrons. The van der Waals surface area contributed by atoms with Gasteiger partial charge >= 0.3 is 0 Å². The lowest BCUT2D eigenvalue weighted by Crippen LogP contribution is -2.20. The van der Waals surface area contributed by atoms with Gasteiger partial charge in [-0.15, -0.1) is 0 Å². The average Bonchev–Trinajstić information content (AvgIpc) is 3.50. The zero-order valence-corrected chi connectivity index (χ0v) is 23.7. The van der Waals surface area contributed by atoms with Crippen LogP contribution in [0.4, 0.5) is 0 Å². The number of hydrogen-bond acceptors (Lipinski definition) is 3. The Labute approximate surface area is 247 Å². The van der Waals surface area contributed by atoms with Crippen molar-refractivity contribution >= 4 is 43.6 Å². The zero-order valence-electron chi connectivity index (χ0n) is 23.7. The van der Waals surface area contributed by atoms with E-state index < -0.39 is 0 Å². The highest BCUT2D eigenvalue weighted by Crippen LogP contribution is 2.52. The van der Waals surface area contributed by atoms with Crippen LogP contribution in [0.15, 0.2) is 126 Å². The summed E-state index contributed by atoms with van der Waals surface area (Å²) in [5.41, 5.74) is 9.19. The molecule has 0 atom stereocenters. The lowest BCUT2D eigenvalue weighted by molar-refractivity contribution is 0.663. The van der Waals surface area contributed by atoms with E-state index in [0.29, 0.717) is 16.9 Å². The Morgan fingerprint density at radius 3 is 2.09 bits per heavy atom. The minimum absolute atomic E-state index is 0.133. The van der Waals surface area contributed by atoms with Crippen molar-refractivity contribution in [1.29, 1.82) is 0 Å². The van der Waals surface area contributed by atoms with Crippen molar-refractivity contribution in [3.8, 4) is 22.8 Å². The summed E-state index contributed by atoms with van der Waals surface area (Å²) < 4.78 is 3.96. The van der Waals surface area contributed by atoms with Crippen LogP contribution in [-0.4, -0.2) is 19.1 Å². The topological polar surface area (TPSA) is 52.7 Å². The van der Waals surface area contributed by atoms with Gasteiger partial charge in [0, 0.05) is 33.5 Å². The highest BCUT2D eigenvalue weighted by Gasteiger charge is 2.38. The minimum Gasteiger partial charge on any atom is -0.278 e. The van der Waals surface area contributed by atoms with Crippen LogP contribution in [0.5, 0.6) is 0 Å². The smallest absolute Gasteiger partial charge is 0.266 e. The Bertz CT molecular complexity index is 2500. The fourth-order valence-electron chi connectivity index (χ4n) is 7.29. The number of hydrogen-bond donors (Lipinski definition) is 0. The lowest BCUT2D eigenvalue weighted by atomic mass is 9.81. The first-order valence-corrected chi connectivity index (χ1v) is 14.6. The third-order valence-electron chi connectivity index (χ3n) is 9.18. The predicted molar refractivity (Wildman–Crippen MR) is 175 cm³/mol. The fraction of sp³-hybridized carbons (Fsp3) is 0.0789. The van der Waals surface area contributed by atoms with Gasteiger partial charge in [-0.2, -0.15) is 0 Å². The summed E-state index contributed by atoms with van der Waals surface area (Å²) in [4.78, 5) is 24.1. The number of fused-ring (bicyclic) bond motifs is 10. The van der Waals surface area contributed by atoms with E-state index in [-0.39, 0.29) is 11.0 Å². The van der Waals surface area contributed by atoms with Crippen molar-refractivity contribution in [2.24, 2.45) is 0 Å². The first-order chi connectivity index (χ1) is 21.0. The van der Waals surface area contributed by atoms with Gasteiger partial charge in [-0.1, -0.05) is 105 Å². The molecule has 0 amide bonds. The first kappa shape index (κ1) is 24.1. The maximum absolute atomic E-state index is 14.0. The molecule has 9 rings (SSSR count). The molecule has 0 unspecified atom stereocenters. The first-order valence-electron chi connectivity index (χ1n) is 14.6. The standard InChI is InChI=1S/C38H26N4O/c1-38(2)30-17-9-6-14-24(30)26-20-21-27-25-15-7-10-18-31(25)42(35(27)33(26)38)37-39-22-29-34(40-37)28-16-8-11-19-32(28)41(36(29)43)23-12-4-3-5-13-23/h3-22H,1-2H3. The molecule has 8 aromatic rings. The number of nitrogens with zero attached hydrogens (tertiary/aromatic N) is 4. The second-order valence-corrected chi connectivity index (χ2v) is 11.8. The summed E-state index contributed by atoms with van der Waals surface area (Å²) in [6.45, 7) is 4.61. The second kappa shape index (κ2) is 8.49. The maximum Gasteiger partial charge on any atom is 0.266 e. The van der Waals surface area contributed by atoms with Crippen molar-refractivity contribution in [2.75, 3.05) is 0 Å². The van der Waals surface area contributed by atoms with E-state index in [2.05, 4.69) is 79.1 Å². The summed E-state index contributed by atoms with van der Waals surface area (Å²) >= 11 is 0. The molecular weight excluding hydrogens is 528 g/mol. The van der Waals surface area contributed by atoms with Gasteiger partial charge in [0.25, 0.3) is 5.56 Å². The van der Waals surface area contributed by atoms with E-state index >= 15 is 0 Å². The molecule has 0 saturated heterocycles. The Morgan fingerprint density at radius 2 is 1.28 bits per heavy atom. The van der Waals surface area contributed by atoms with Crippen LogP contribution >= 0.6 is 0 Å². The Morgan fingerprint density at radius 1 is 0.605 bits per heavy atom. The summed E-state index contributed by atoms with van der Waals surface area (Å²) in [5, 5.41) is 3.72. The zero-order chi connectivity index (χ0) is 28.9. The molecule has 0 spiro atoms. The van der Waals surface area contributed by atoms with Crippen LogP contribution in [0.25, 0.3) is 66.4 Å². The van der Waals surface area contributed by atoms with Crippen molar-refractivity contribution in [3.63, 3.8) is 0 Å². The third kappa shape index (κ3) is 3.14. The summed E-state index contributed by atoms with van der Waals surface area (Å²) in [6.07, 6.45) is 1.70. The molecule has 204 valence electrons. The highest BCUT2D eigenvalue weighted by atomic mass is 16.1. The number of pyridine rings is 1. The quantitative estimate of drug-likeness (QED) is 0.202. The van der Waals surface area contributed by atoms with E-state index in [9.17, 15) is 4.79 Å². The molecule has 3 heterocycles. The molecule has 0 aliphatic heterocycles. The Balaban J connectivity index is 1.41. The van der Waals surface area contributed by atoms with E-state index in [1.165, 1.54) is 27.6 Å². The molecular formula is C38H26N4O. The van der Waals surface area contributed by atoms with Gasteiger partial charge in [-0.05, 0) is 46.5 Å². The molecule has 0 N–H and O–H groups in total. The SMILES string of the molecule is CC1(C)c2ccccc2-c2ccc3c4ccccc4n(-c4ncc5c(=O)n(-c6ccccc6)c6ccccc6c5n4)c3c21. The molecule has 3 aromatic heterocycles. The van der Waals surface area contributed by atoms with Crippen molar-refractivity contribution in [1.82, 2.24) is 19.1 Å². The van der Waals surface area contributed by atoms with Crippen molar-refractivity contribution in [2.45, 2.75) is 19.3 Å². The molecule has 5 nitrogen and oxygen atoms in total. The van der Waals surface area contributed by atoms with Crippen LogP contribution in [0.1, 0.15) is 25.0 Å². The number of rotatable bonds is 2. The van der Waals surface area contributed by atoms with Gasteiger partial charge in [0.05, 0.1) is 27.5 Å². The molecule has 1 aliphatic rings. The van der Waals surface area contributed by atoms with Gasteiger partial charge in [0.1, 0.15) is 0 Å². The molecule has 5 heteroatoms. The second-order valence-electron chi connectivity index (χ2n) is 11.8. The van der Waals surface area contributed by atoms with Gasteiger partial charge in [0.2, 0.25) is 5.95 Å². The van der Waals surface area contributed by atoms with Gasteiger partial charge in [-0.3, -0.25) is 13.9 Å². The summed E-state index contributed by atoms with van der Waals surface area (Å²) in [5.74, 6) is 0.556. The van der Waals surface area contributed by atoms with E-state index in [1.807, 2.05) is 54.6 Å². The molecule has 1 aliphatic carbocycles. The van der Waals surface area contributed by atoms with Crippen LogP contribution in [0, 0.1) is 0 Å². The number of aromatic nitrogens is 4. The molecule has 0 saturated carbocycles. The summed E-state index contributed by atoms with van der Waals surface area (Å²) in [7, 11) is 0. The van der Waals surface area contributed by atoms with Crippen LogP contribution in [0.2, 0.25) is 0 Å². The maximum atomic E-state index is 14.0. The van der Waals surface area contributed by atoms with E-state index in [4.69, 9.17) is 9.97 Å². The third-order valence-corrected chi connectivity index (χ3v) is 9.18. The largest absolute Gasteiger partial charge is 0.278 e. The summed E-state index contributed by atoms with van der Waals surface area (Å²) in [6, 6.07) is 39.4. The molecule has 0 bridgehead atoms. The van der Waals surface area contributed by atoms with Crippen molar-refractivity contribution in [3.05, 3.63) is 143 Å². The fourth-order valence-corrected chi connectivity index (χ4v) is 7.29. The molecule has 5 aromatic carbocycles. The van der Waals surface area contributed by atoms with Crippen molar-refractivity contribution < 1.29 is 0 Å². The Kier molecular flexibility index (Phi) is 4.76. The Hall–Kier alpha value is -5.55. The van der Waals surface area contributed by atoms with Crippen LogP contribution in [-0.2, 0) is 5.41 Å². The average molecular weight is 555 g/mol. The normalized spacial score (nSPS) is 13.6. The van der Waals surface area contributed by atoms with Gasteiger partial charge in [0.15, 0.2) is 0 Å². The van der Waals surface area contributed by atoms with Crippen LogP contribution < -0.4 is 5.56 Å². The van der Waals surface area contributed by atoms with E-state index in [1.54, 1.807) is 10.8 Å². The monoisotopic (exact) mass is 554 g/mol. The van der Waals surface area contributed by atoms with Gasteiger partial charge in [-0.25, -0.2) is 9.97 Å². The number of benzene rings is 5. The number of para-hydroxylation sites is 3. The molecule has 0 fully saturated rings. The van der Waals surface area contributed by atoms with E-state index in [0.717, 1.165) is 33.0 Å². The predicted octanol–water partition coefficient (Wildman–Crippen LogP) is 8.34. The minimum atomic E-state index is -0.218. The van der Waals surface area contributed by atoms with Crippen LogP contribution in [0.3, 0.4) is 0 Å². The lowest BCUT2D eigenvalue weighted by Gasteiger charge is -2.23. The highest BCUT2D eigenvalue weighted by molar-refractivity contribution is 6.13. The molecule has 43 heavy (non-hydrogen) atoms. The van der Waals surface area contributed by atoms with Gasteiger partial charge < -0.3 is 0 Å².